The van der Waals surface area contributed by atoms with Gasteiger partial charge in [-0.1, -0.05) is 0 Å². The van der Waals surface area contributed by atoms with E-state index >= 15 is 0 Å². The van der Waals surface area contributed by atoms with Crippen LogP contribution in [0.1, 0.15) is 16.9 Å². The molecule has 5 heteroatoms. The minimum absolute atomic E-state index is 0.0320. The summed E-state index contributed by atoms with van der Waals surface area (Å²) in [6.45, 7) is 1.37. The van der Waals surface area contributed by atoms with Gasteiger partial charge in [0, 0.05) is 29.8 Å². The number of pyridine rings is 1. The molecule has 1 aliphatic heterocycles. The Kier molecular flexibility index (Phi) is 3.02. The third-order valence-electron chi connectivity index (χ3n) is 2.46. The number of amides is 1. The highest BCUT2D eigenvalue weighted by atomic mass is 79.9. The zero-order valence-corrected chi connectivity index (χ0v) is 9.77. The van der Waals surface area contributed by atoms with E-state index in [1.54, 1.807) is 17.2 Å². The molecule has 2 N–H and O–H groups in total. The molecule has 0 radical (unpaired) electrons. The smallest absolute Gasteiger partial charge is 0.272 e. The SMILES string of the molecule is N[C@@H]1CCN(C(=O)c2ccc(Br)cn2)C1. The van der Waals surface area contributed by atoms with Crippen LogP contribution in [0.3, 0.4) is 0 Å². The Balaban J connectivity index is 2.11. The first-order chi connectivity index (χ1) is 7.16. The van der Waals surface area contributed by atoms with Crippen molar-refractivity contribution < 1.29 is 4.79 Å². The monoisotopic (exact) mass is 269 g/mol. The quantitative estimate of drug-likeness (QED) is 0.828. The summed E-state index contributed by atoms with van der Waals surface area (Å²) in [5, 5.41) is 0. The van der Waals surface area contributed by atoms with Gasteiger partial charge in [0.05, 0.1) is 0 Å². The first kappa shape index (κ1) is 10.6. The van der Waals surface area contributed by atoms with Crippen molar-refractivity contribution in [1.29, 1.82) is 0 Å². The van der Waals surface area contributed by atoms with Gasteiger partial charge < -0.3 is 10.6 Å². The van der Waals surface area contributed by atoms with Gasteiger partial charge in [0.15, 0.2) is 0 Å². The van der Waals surface area contributed by atoms with E-state index in [0.717, 1.165) is 17.4 Å². The molecule has 0 aromatic carbocycles. The summed E-state index contributed by atoms with van der Waals surface area (Å²) < 4.78 is 0.872. The molecule has 0 aliphatic carbocycles. The molecule has 1 aromatic heterocycles. The van der Waals surface area contributed by atoms with Crippen molar-refractivity contribution in [1.82, 2.24) is 9.88 Å². The number of nitrogens with two attached hydrogens (primary N) is 1. The Hall–Kier alpha value is -0.940. The summed E-state index contributed by atoms with van der Waals surface area (Å²) in [5.74, 6) is -0.0320. The van der Waals surface area contributed by atoms with E-state index in [-0.39, 0.29) is 11.9 Å². The topological polar surface area (TPSA) is 59.2 Å². The number of carbonyl (C=O) groups is 1. The van der Waals surface area contributed by atoms with E-state index in [9.17, 15) is 4.79 Å². The van der Waals surface area contributed by atoms with E-state index in [0.29, 0.717) is 12.2 Å². The summed E-state index contributed by atoms with van der Waals surface area (Å²) in [4.78, 5) is 17.7. The van der Waals surface area contributed by atoms with Crippen LogP contribution in [-0.4, -0.2) is 34.9 Å². The number of halogens is 1. The van der Waals surface area contributed by atoms with Crippen LogP contribution in [-0.2, 0) is 0 Å². The van der Waals surface area contributed by atoms with Crippen LogP contribution in [0.15, 0.2) is 22.8 Å². The van der Waals surface area contributed by atoms with Gasteiger partial charge in [-0.25, -0.2) is 4.98 Å². The van der Waals surface area contributed by atoms with Gasteiger partial charge in [-0.15, -0.1) is 0 Å². The van der Waals surface area contributed by atoms with E-state index in [1.165, 1.54) is 0 Å². The number of carbonyl (C=O) groups excluding carboxylic acids is 1. The van der Waals surface area contributed by atoms with Crippen molar-refractivity contribution >= 4 is 21.8 Å². The highest BCUT2D eigenvalue weighted by Gasteiger charge is 2.24. The molecule has 0 unspecified atom stereocenters. The average molecular weight is 270 g/mol. The molecule has 15 heavy (non-hydrogen) atoms. The lowest BCUT2D eigenvalue weighted by molar-refractivity contribution is 0.0785. The van der Waals surface area contributed by atoms with Crippen molar-refractivity contribution in [2.24, 2.45) is 5.73 Å². The molecule has 2 rings (SSSR count). The number of likely N-dealkylation sites (tertiary alicyclic amines) is 1. The summed E-state index contributed by atoms with van der Waals surface area (Å²) in [6.07, 6.45) is 2.51. The third kappa shape index (κ3) is 2.35. The van der Waals surface area contributed by atoms with Gasteiger partial charge in [-0.2, -0.15) is 0 Å². The van der Waals surface area contributed by atoms with E-state index in [2.05, 4.69) is 20.9 Å². The lowest BCUT2D eigenvalue weighted by Gasteiger charge is -2.14. The fourth-order valence-corrected chi connectivity index (χ4v) is 1.87. The molecule has 1 aliphatic rings. The van der Waals surface area contributed by atoms with Crippen molar-refractivity contribution in [3.8, 4) is 0 Å². The summed E-state index contributed by atoms with van der Waals surface area (Å²) in [6, 6.07) is 3.65. The summed E-state index contributed by atoms with van der Waals surface area (Å²) in [7, 11) is 0. The van der Waals surface area contributed by atoms with Crippen LogP contribution in [0.4, 0.5) is 0 Å². The molecular weight excluding hydrogens is 258 g/mol. The molecule has 1 amide bonds. The summed E-state index contributed by atoms with van der Waals surface area (Å²) >= 11 is 3.28. The molecule has 0 bridgehead atoms. The molecule has 1 aromatic rings. The highest BCUT2D eigenvalue weighted by Crippen LogP contribution is 2.13. The van der Waals surface area contributed by atoms with Gasteiger partial charge in [0.1, 0.15) is 5.69 Å². The summed E-state index contributed by atoms with van der Waals surface area (Å²) in [5.41, 5.74) is 6.22. The maximum atomic E-state index is 11.9. The molecule has 4 nitrogen and oxygen atoms in total. The molecule has 2 heterocycles. The number of rotatable bonds is 1. The van der Waals surface area contributed by atoms with E-state index < -0.39 is 0 Å². The third-order valence-corrected chi connectivity index (χ3v) is 2.93. The minimum atomic E-state index is -0.0320. The van der Waals surface area contributed by atoms with E-state index in [1.807, 2.05) is 6.07 Å². The van der Waals surface area contributed by atoms with Crippen LogP contribution >= 0.6 is 15.9 Å². The second-order valence-corrected chi connectivity index (χ2v) is 4.58. The lowest BCUT2D eigenvalue weighted by Crippen LogP contribution is -2.32. The molecule has 0 saturated carbocycles. The van der Waals surface area contributed by atoms with Crippen LogP contribution in [0.2, 0.25) is 0 Å². The second-order valence-electron chi connectivity index (χ2n) is 3.66. The average Bonchev–Trinajstić information content (AvgIpc) is 2.65. The van der Waals surface area contributed by atoms with Gasteiger partial charge >= 0.3 is 0 Å². The molecule has 80 valence electrons. The van der Waals surface area contributed by atoms with Gasteiger partial charge in [-0.3, -0.25) is 4.79 Å². The molecule has 1 atom stereocenters. The number of aromatic nitrogens is 1. The minimum Gasteiger partial charge on any atom is -0.336 e. The maximum absolute atomic E-state index is 11.9. The highest BCUT2D eigenvalue weighted by molar-refractivity contribution is 9.10. The van der Waals surface area contributed by atoms with Crippen LogP contribution in [0, 0.1) is 0 Å². The van der Waals surface area contributed by atoms with Crippen molar-refractivity contribution in [2.45, 2.75) is 12.5 Å². The van der Waals surface area contributed by atoms with E-state index in [4.69, 9.17) is 5.73 Å². The van der Waals surface area contributed by atoms with Crippen molar-refractivity contribution in [3.05, 3.63) is 28.5 Å². The van der Waals surface area contributed by atoms with Crippen molar-refractivity contribution in [3.63, 3.8) is 0 Å². The Bertz CT molecular complexity index is 365. The zero-order chi connectivity index (χ0) is 10.8. The normalized spacial score (nSPS) is 20.7. The fourth-order valence-electron chi connectivity index (χ4n) is 1.64. The molecule has 1 saturated heterocycles. The van der Waals surface area contributed by atoms with Gasteiger partial charge in [0.25, 0.3) is 5.91 Å². The Labute approximate surface area is 96.6 Å². The number of nitrogens with zero attached hydrogens (tertiary/aromatic N) is 2. The second kappa shape index (κ2) is 4.28. The maximum Gasteiger partial charge on any atom is 0.272 e. The van der Waals surface area contributed by atoms with Crippen LogP contribution < -0.4 is 5.73 Å². The Morgan fingerprint density at radius 1 is 1.60 bits per heavy atom. The lowest BCUT2D eigenvalue weighted by atomic mass is 10.3. The Morgan fingerprint density at radius 2 is 2.40 bits per heavy atom. The number of hydrogen-bond donors (Lipinski definition) is 1. The first-order valence-corrected chi connectivity index (χ1v) is 5.62. The molecule has 0 spiro atoms. The number of hydrogen-bond acceptors (Lipinski definition) is 3. The Morgan fingerprint density at radius 3 is 2.93 bits per heavy atom. The standard InChI is InChI=1S/C10H12BrN3O/c11-7-1-2-9(13-5-7)10(15)14-4-3-8(12)6-14/h1-2,5,8H,3-4,6,12H2/t8-/m1/s1. The van der Waals surface area contributed by atoms with Gasteiger partial charge in [-0.05, 0) is 34.5 Å². The first-order valence-electron chi connectivity index (χ1n) is 4.83. The molecule has 1 fully saturated rings. The van der Waals surface area contributed by atoms with Gasteiger partial charge in [0.2, 0.25) is 0 Å². The van der Waals surface area contributed by atoms with Crippen LogP contribution in [0.25, 0.3) is 0 Å². The zero-order valence-electron chi connectivity index (χ0n) is 8.19. The largest absolute Gasteiger partial charge is 0.336 e. The molecular formula is C10H12BrN3O. The predicted molar refractivity (Wildman–Crippen MR) is 60.4 cm³/mol. The van der Waals surface area contributed by atoms with Crippen molar-refractivity contribution in [2.75, 3.05) is 13.1 Å². The predicted octanol–water partition coefficient (Wildman–Crippen LogP) is 1.02. The van der Waals surface area contributed by atoms with Crippen LogP contribution in [0.5, 0.6) is 0 Å². The fraction of sp³-hybridized carbons (Fsp3) is 0.400.